The van der Waals surface area contributed by atoms with E-state index in [0.29, 0.717) is 19.4 Å². The summed E-state index contributed by atoms with van der Waals surface area (Å²) in [6.07, 6.45) is 3.31. The number of likely N-dealkylation sites (tertiary alicyclic amines) is 1. The predicted octanol–water partition coefficient (Wildman–Crippen LogP) is 4.53. The fourth-order valence-electron chi connectivity index (χ4n) is 4.81. The third-order valence-corrected chi connectivity index (χ3v) is 6.81. The van der Waals surface area contributed by atoms with E-state index < -0.39 is 11.7 Å². The lowest BCUT2D eigenvalue weighted by molar-refractivity contribution is -0.122. The highest BCUT2D eigenvalue weighted by molar-refractivity contribution is 5.94. The Morgan fingerprint density at radius 1 is 1.06 bits per heavy atom. The maximum atomic E-state index is 14.5. The molecule has 2 aromatic carbocycles. The maximum Gasteiger partial charge on any atom is 0.253 e. The molecule has 0 bridgehead atoms. The Hall–Kier alpha value is -2.73. The van der Waals surface area contributed by atoms with Gasteiger partial charge in [-0.3, -0.25) is 14.5 Å². The summed E-state index contributed by atoms with van der Waals surface area (Å²) in [5.41, 5.74) is 2.00. The first-order valence-corrected chi connectivity index (χ1v) is 12.2. The van der Waals surface area contributed by atoms with Crippen LogP contribution in [-0.4, -0.2) is 49.4 Å². The zero-order valence-electron chi connectivity index (χ0n) is 20.9. The number of benzene rings is 2. The molecule has 1 unspecified atom stereocenters. The van der Waals surface area contributed by atoms with Crippen LogP contribution in [0.4, 0.5) is 4.39 Å². The first kappa shape index (κ1) is 25.9. The minimum atomic E-state index is -0.517. The minimum absolute atomic E-state index is 0.0362. The molecule has 1 heterocycles. The molecule has 0 aromatic heterocycles. The monoisotopic (exact) mass is 467 g/mol. The molecule has 1 aliphatic heterocycles. The molecule has 3 rings (SSSR count). The number of nitrogens with one attached hydrogen (secondary N) is 2. The van der Waals surface area contributed by atoms with Crippen molar-refractivity contribution in [3.63, 3.8) is 0 Å². The molecule has 2 aromatic rings. The lowest BCUT2D eigenvalue weighted by Gasteiger charge is -2.32. The van der Waals surface area contributed by atoms with Crippen LogP contribution in [0.3, 0.4) is 0 Å². The van der Waals surface area contributed by atoms with Gasteiger partial charge in [0.15, 0.2) is 0 Å². The molecule has 2 N–H and O–H groups in total. The van der Waals surface area contributed by atoms with Crippen LogP contribution < -0.4 is 10.6 Å². The Kier molecular flexibility index (Phi) is 8.84. The number of hydrogen-bond acceptors (Lipinski definition) is 3. The average Bonchev–Trinajstić information content (AvgIpc) is 3.34. The second-order valence-electron chi connectivity index (χ2n) is 10.3. The highest BCUT2D eigenvalue weighted by Crippen LogP contribution is 2.37. The minimum Gasteiger partial charge on any atom is -0.355 e. The molecule has 5 nitrogen and oxygen atoms in total. The third-order valence-electron chi connectivity index (χ3n) is 6.81. The number of nitrogens with zero attached hydrogens (tertiary/aromatic N) is 1. The zero-order chi connectivity index (χ0) is 24.7. The van der Waals surface area contributed by atoms with E-state index in [1.54, 1.807) is 0 Å². The van der Waals surface area contributed by atoms with Crippen molar-refractivity contribution in [3.05, 3.63) is 71.0 Å². The van der Waals surface area contributed by atoms with E-state index in [1.807, 2.05) is 24.3 Å². The van der Waals surface area contributed by atoms with Crippen LogP contribution in [0.2, 0.25) is 0 Å². The van der Waals surface area contributed by atoms with E-state index in [0.717, 1.165) is 31.5 Å². The molecular weight excluding hydrogens is 429 g/mol. The molecule has 0 radical (unpaired) electrons. The summed E-state index contributed by atoms with van der Waals surface area (Å²) in [4.78, 5) is 27.2. The van der Waals surface area contributed by atoms with Crippen molar-refractivity contribution in [2.45, 2.75) is 58.4 Å². The van der Waals surface area contributed by atoms with Crippen molar-refractivity contribution < 1.29 is 14.0 Å². The van der Waals surface area contributed by atoms with Gasteiger partial charge >= 0.3 is 0 Å². The molecule has 1 aliphatic rings. The lowest BCUT2D eigenvalue weighted by atomic mass is 9.74. The molecule has 0 saturated carbocycles. The molecule has 0 spiro atoms. The van der Waals surface area contributed by atoms with Crippen LogP contribution in [0.1, 0.15) is 67.4 Å². The molecule has 184 valence electrons. The number of amides is 2. The normalized spacial score (nSPS) is 16.1. The van der Waals surface area contributed by atoms with E-state index in [9.17, 15) is 14.0 Å². The van der Waals surface area contributed by atoms with Gasteiger partial charge in [0.1, 0.15) is 5.82 Å². The topological polar surface area (TPSA) is 61.4 Å². The van der Waals surface area contributed by atoms with Crippen LogP contribution in [0.5, 0.6) is 0 Å². The summed E-state index contributed by atoms with van der Waals surface area (Å²) in [5, 5.41) is 5.63. The molecule has 34 heavy (non-hydrogen) atoms. The fourth-order valence-corrected chi connectivity index (χ4v) is 4.81. The smallest absolute Gasteiger partial charge is 0.253 e. The molecule has 1 fully saturated rings. The summed E-state index contributed by atoms with van der Waals surface area (Å²) < 4.78 is 14.5. The van der Waals surface area contributed by atoms with E-state index in [1.165, 1.54) is 24.7 Å². The highest BCUT2D eigenvalue weighted by atomic mass is 19.1. The molecule has 0 aliphatic carbocycles. The van der Waals surface area contributed by atoms with Crippen LogP contribution in [0.25, 0.3) is 0 Å². The number of hydrogen-bond donors (Lipinski definition) is 2. The maximum absolute atomic E-state index is 14.5. The predicted molar refractivity (Wildman–Crippen MR) is 134 cm³/mol. The van der Waals surface area contributed by atoms with Crippen molar-refractivity contribution >= 4 is 11.8 Å². The number of carbonyl (C=O) groups is 2. The van der Waals surface area contributed by atoms with Gasteiger partial charge in [0, 0.05) is 26.1 Å². The fraction of sp³-hybridized carbons (Fsp3) is 0.500. The van der Waals surface area contributed by atoms with Gasteiger partial charge in [-0.2, -0.15) is 0 Å². The van der Waals surface area contributed by atoms with Gasteiger partial charge in [0.05, 0.1) is 5.56 Å². The van der Waals surface area contributed by atoms with Crippen molar-refractivity contribution in [2.24, 2.45) is 5.41 Å². The molecule has 2 atom stereocenters. The van der Waals surface area contributed by atoms with Crippen molar-refractivity contribution in [2.75, 3.05) is 26.7 Å². The van der Waals surface area contributed by atoms with Crippen molar-refractivity contribution in [3.8, 4) is 0 Å². The van der Waals surface area contributed by atoms with Crippen LogP contribution in [0, 0.1) is 11.2 Å². The zero-order valence-corrected chi connectivity index (χ0v) is 20.9. The quantitative estimate of drug-likeness (QED) is 0.570. The number of carbonyl (C=O) groups excluding carboxylic acids is 2. The Morgan fingerprint density at radius 3 is 2.32 bits per heavy atom. The first-order chi connectivity index (χ1) is 16.2. The lowest BCUT2D eigenvalue weighted by Crippen LogP contribution is -2.44. The van der Waals surface area contributed by atoms with Crippen molar-refractivity contribution in [1.82, 2.24) is 15.5 Å². The largest absolute Gasteiger partial charge is 0.355 e. The van der Waals surface area contributed by atoms with Gasteiger partial charge in [-0.1, -0.05) is 57.2 Å². The second-order valence-corrected chi connectivity index (χ2v) is 10.3. The van der Waals surface area contributed by atoms with E-state index in [4.69, 9.17) is 0 Å². The van der Waals surface area contributed by atoms with Gasteiger partial charge in [-0.15, -0.1) is 0 Å². The number of halogens is 1. The van der Waals surface area contributed by atoms with Crippen LogP contribution >= 0.6 is 0 Å². The summed E-state index contributed by atoms with van der Waals surface area (Å²) >= 11 is 0. The number of rotatable bonds is 9. The average molecular weight is 468 g/mol. The SMILES string of the molecule is CNC(=O)c1ccc(C[C@@H](CNC(=O)CC(c2ccccc2)C(C)(C)C)N2CCCC2)cc1F. The highest BCUT2D eigenvalue weighted by Gasteiger charge is 2.29. The van der Waals surface area contributed by atoms with E-state index in [-0.39, 0.29) is 28.8 Å². The Bertz CT molecular complexity index is 965. The first-order valence-electron chi connectivity index (χ1n) is 12.2. The Labute approximate surface area is 203 Å². The molecule has 1 saturated heterocycles. The van der Waals surface area contributed by atoms with Gasteiger partial charge in [-0.05, 0) is 66.9 Å². The third kappa shape index (κ3) is 6.89. The summed E-state index contributed by atoms with van der Waals surface area (Å²) in [7, 11) is 1.49. The molecule has 6 heteroatoms. The van der Waals surface area contributed by atoms with Crippen LogP contribution in [-0.2, 0) is 11.2 Å². The van der Waals surface area contributed by atoms with E-state index in [2.05, 4.69) is 48.4 Å². The second kappa shape index (κ2) is 11.6. The summed E-state index contributed by atoms with van der Waals surface area (Å²) in [5.74, 6) is -0.796. The van der Waals surface area contributed by atoms with Crippen molar-refractivity contribution in [1.29, 1.82) is 0 Å². The van der Waals surface area contributed by atoms with Gasteiger partial charge in [0.2, 0.25) is 5.91 Å². The van der Waals surface area contributed by atoms with Gasteiger partial charge in [0.25, 0.3) is 5.91 Å². The van der Waals surface area contributed by atoms with Gasteiger partial charge < -0.3 is 10.6 Å². The standard InChI is InChI=1S/C28H38FN3O2/c1-28(2,3)24(21-10-6-5-7-11-21)18-26(33)31-19-22(32-14-8-9-15-32)16-20-12-13-23(25(29)17-20)27(34)30-4/h5-7,10-13,17,22,24H,8-9,14-16,18-19H2,1-4H3,(H,30,34)(H,31,33)/t22-,24?/m0/s1. The van der Waals surface area contributed by atoms with Gasteiger partial charge in [-0.25, -0.2) is 4.39 Å². The molecular formula is C28H38FN3O2. The van der Waals surface area contributed by atoms with Crippen LogP contribution in [0.15, 0.2) is 48.5 Å². The summed E-state index contributed by atoms with van der Waals surface area (Å²) in [6, 6.07) is 15.1. The summed E-state index contributed by atoms with van der Waals surface area (Å²) in [6.45, 7) is 8.98. The molecule has 2 amide bonds. The Balaban J connectivity index is 1.67. The Morgan fingerprint density at radius 2 is 1.74 bits per heavy atom. The van der Waals surface area contributed by atoms with E-state index >= 15 is 0 Å².